The molecule has 0 spiro atoms. The summed E-state index contributed by atoms with van der Waals surface area (Å²) in [4.78, 5) is 9.02. The highest BCUT2D eigenvalue weighted by Gasteiger charge is 2.34. The maximum absolute atomic E-state index is 5.66. The Bertz CT molecular complexity index is 1080. The molecule has 0 aliphatic carbocycles. The van der Waals surface area contributed by atoms with Crippen LogP contribution >= 0.6 is 0 Å². The van der Waals surface area contributed by atoms with Gasteiger partial charge in [-0.05, 0) is 66.6 Å². The van der Waals surface area contributed by atoms with Crippen LogP contribution in [0.5, 0.6) is 17.2 Å². The summed E-state index contributed by atoms with van der Waals surface area (Å²) in [5.41, 5.74) is 1.98. The zero-order valence-electron chi connectivity index (χ0n) is 21.4. The molecule has 10 nitrogen and oxygen atoms in total. The molecule has 1 fully saturated rings. The second-order valence-electron chi connectivity index (χ2n) is 9.65. The van der Waals surface area contributed by atoms with Gasteiger partial charge in [0.1, 0.15) is 0 Å². The van der Waals surface area contributed by atoms with Crippen LogP contribution in [-0.2, 0) is 12.1 Å². The molecular formula is C25H35N7O3. The van der Waals surface area contributed by atoms with Gasteiger partial charge in [-0.2, -0.15) is 0 Å². The first kappa shape index (κ1) is 24.9. The maximum atomic E-state index is 5.66. The van der Waals surface area contributed by atoms with E-state index >= 15 is 0 Å². The second kappa shape index (κ2) is 10.6. The highest BCUT2D eigenvalue weighted by Crippen LogP contribution is 2.42. The van der Waals surface area contributed by atoms with E-state index in [2.05, 4.69) is 63.2 Å². The molecule has 188 valence electrons. The Labute approximate surface area is 206 Å². The first-order chi connectivity index (χ1) is 16.9. The normalized spacial score (nSPS) is 16.2. The van der Waals surface area contributed by atoms with E-state index in [0.29, 0.717) is 17.2 Å². The lowest BCUT2D eigenvalue weighted by Crippen LogP contribution is -2.48. The van der Waals surface area contributed by atoms with E-state index in [1.807, 2.05) is 29.2 Å². The topological polar surface area (TPSA) is 90.7 Å². The minimum atomic E-state index is -0.277. The van der Waals surface area contributed by atoms with E-state index in [4.69, 9.17) is 14.2 Å². The van der Waals surface area contributed by atoms with Crippen molar-refractivity contribution in [2.24, 2.45) is 0 Å². The summed E-state index contributed by atoms with van der Waals surface area (Å²) < 4.78 is 18.8. The quantitative estimate of drug-likeness (QED) is 0.482. The molecule has 1 atom stereocenters. The van der Waals surface area contributed by atoms with Gasteiger partial charge in [-0.15, -0.1) is 5.10 Å². The van der Waals surface area contributed by atoms with Crippen molar-refractivity contribution < 1.29 is 14.2 Å². The average molecular weight is 482 g/mol. The van der Waals surface area contributed by atoms with E-state index in [1.165, 1.54) is 5.56 Å². The highest BCUT2D eigenvalue weighted by molar-refractivity contribution is 5.55. The number of benzene rings is 1. The van der Waals surface area contributed by atoms with Gasteiger partial charge in [0.2, 0.25) is 5.75 Å². The number of rotatable bonds is 8. The maximum Gasteiger partial charge on any atom is 0.203 e. The molecule has 2 aromatic heterocycles. The van der Waals surface area contributed by atoms with Crippen molar-refractivity contribution in [3.63, 3.8) is 0 Å². The van der Waals surface area contributed by atoms with Crippen LogP contribution in [0.2, 0.25) is 0 Å². The third-order valence-electron chi connectivity index (χ3n) is 6.30. The number of tetrazole rings is 1. The Kier molecular flexibility index (Phi) is 7.51. The van der Waals surface area contributed by atoms with Crippen LogP contribution in [-0.4, -0.2) is 82.5 Å². The van der Waals surface area contributed by atoms with Gasteiger partial charge in [0.25, 0.3) is 0 Å². The predicted molar refractivity (Wildman–Crippen MR) is 132 cm³/mol. The zero-order chi connectivity index (χ0) is 25.0. The fraction of sp³-hybridized carbons (Fsp3) is 0.520. The molecule has 0 bridgehead atoms. The van der Waals surface area contributed by atoms with Gasteiger partial charge in [0.15, 0.2) is 17.3 Å². The van der Waals surface area contributed by atoms with Crippen LogP contribution in [0.3, 0.4) is 0 Å². The van der Waals surface area contributed by atoms with E-state index < -0.39 is 0 Å². The third kappa shape index (κ3) is 5.38. The van der Waals surface area contributed by atoms with Crippen LogP contribution in [0.4, 0.5) is 0 Å². The molecule has 1 aliphatic heterocycles. The molecule has 1 saturated heterocycles. The molecule has 1 aliphatic rings. The fourth-order valence-electron chi connectivity index (χ4n) is 4.55. The smallest absolute Gasteiger partial charge is 0.203 e. The summed E-state index contributed by atoms with van der Waals surface area (Å²) >= 11 is 0. The van der Waals surface area contributed by atoms with Gasteiger partial charge in [-0.25, -0.2) is 4.68 Å². The molecule has 3 aromatic rings. The van der Waals surface area contributed by atoms with E-state index in [-0.39, 0.29) is 11.6 Å². The van der Waals surface area contributed by atoms with E-state index in [0.717, 1.165) is 44.1 Å². The van der Waals surface area contributed by atoms with Gasteiger partial charge < -0.3 is 14.2 Å². The molecule has 0 N–H and O–H groups in total. The van der Waals surface area contributed by atoms with Gasteiger partial charge in [0.05, 0.1) is 32.9 Å². The number of hydrogen-bond acceptors (Lipinski definition) is 9. The van der Waals surface area contributed by atoms with Gasteiger partial charge in [-0.1, -0.05) is 0 Å². The first-order valence-corrected chi connectivity index (χ1v) is 11.8. The molecular weight excluding hydrogens is 446 g/mol. The SMILES string of the molecule is COc1cc([C@@H](c2nnnn2C(C)(C)C)N2CCN(Cc3ccncc3)CC2)cc(OC)c1OC. The number of ether oxygens (including phenoxy) is 3. The predicted octanol–water partition coefficient (Wildman–Crippen LogP) is 2.76. The standard InChI is InChI=1S/C25H35N7O3/c1-25(2,3)32-24(27-28-29-32)22(19-15-20(33-4)23(35-6)21(16-19)34-5)31-13-11-30(12-14-31)17-18-7-9-26-10-8-18/h7-10,15-16,22H,11-14,17H2,1-6H3/t22-/m0/s1. The molecule has 0 radical (unpaired) electrons. The Balaban J connectivity index is 1.69. The van der Waals surface area contributed by atoms with Crippen LogP contribution in [0, 0.1) is 0 Å². The zero-order valence-corrected chi connectivity index (χ0v) is 21.4. The molecule has 0 unspecified atom stereocenters. The van der Waals surface area contributed by atoms with Gasteiger partial charge in [-0.3, -0.25) is 14.8 Å². The van der Waals surface area contributed by atoms with Crippen molar-refractivity contribution in [2.75, 3.05) is 47.5 Å². The lowest BCUT2D eigenvalue weighted by molar-refractivity contribution is 0.0977. The van der Waals surface area contributed by atoms with Crippen molar-refractivity contribution in [1.82, 2.24) is 35.0 Å². The molecule has 10 heteroatoms. The number of hydrogen-bond donors (Lipinski definition) is 0. The monoisotopic (exact) mass is 481 g/mol. The van der Waals surface area contributed by atoms with Crippen LogP contribution in [0.15, 0.2) is 36.7 Å². The Morgan fingerprint density at radius 3 is 2.09 bits per heavy atom. The second-order valence-corrected chi connectivity index (χ2v) is 9.65. The molecule has 1 aromatic carbocycles. The molecule has 35 heavy (non-hydrogen) atoms. The number of nitrogens with zero attached hydrogens (tertiary/aromatic N) is 7. The number of aromatic nitrogens is 5. The number of methoxy groups -OCH3 is 3. The molecule has 3 heterocycles. The third-order valence-corrected chi connectivity index (χ3v) is 6.30. The number of pyridine rings is 1. The lowest BCUT2D eigenvalue weighted by atomic mass is 10.00. The fourth-order valence-corrected chi connectivity index (χ4v) is 4.55. The van der Waals surface area contributed by atoms with Crippen LogP contribution < -0.4 is 14.2 Å². The molecule has 4 rings (SSSR count). The van der Waals surface area contributed by atoms with Crippen molar-refractivity contribution in [3.05, 3.63) is 53.6 Å². The minimum Gasteiger partial charge on any atom is -0.493 e. The average Bonchev–Trinajstić information content (AvgIpc) is 3.35. The van der Waals surface area contributed by atoms with Gasteiger partial charge >= 0.3 is 0 Å². The van der Waals surface area contributed by atoms with Gasteiger partial charge in [0, 0.05) is 45.1 Å². The van der Waals surface area contributed by atoms with Crippen molar-refractivity contribution >= 4 is 0 Å². The van der Waals surface area contributed by atoms with Crippen molar-refractivity contribution in [3.8, 4) is 17.2 Å². The van der Waals surface area contributed by atoms with Crippen molar-refractivity contribution in [2.45, 2.75) is 38.9 Å². The summed E-state index contributed by atoms with van der Waals surface area (Å²) in [7, 11) is 4.88. The van der Waals surface area contributed by atoms with Crippen LogP contribution in [0.25, 0.3) is 0 Å². The lowest BCUT2D eigenvalue weighted by Gasteiger charge is -2.39. The summed E-state index contributed by atoms with van der Waals surface area (Å²) in [5.74, 6) is 2.57. The van der Waals surface area contributed by atoms with E-state index in [1.54, 1.807) is 21.3 Å². The Hall–Kier alpha value is -3.24. The minimum absolute atomic E-state index is 0.180. The van der Waals surface area contributed by atoms with E-state index in [9.17, 15) is 0 Å². The Morgan fingerprint density at radius 1 is 0.914 bits per heavy atom. The molecule has 0 saturated carbocycles. The number of piperazine rings is 1. The first-order valence-electron chi connectivity index (χ1n) is 11.8. The van der Waals surface area contributed by atoms with Crippen LogP contribution in [0.1, 0.15) is 43.8 Å². The molecule has 0 amide bonds. The summed E-state index contributed by atoms with van der Waals surface area (Å²) in [6.45, 7) is 10.8. The summed E-state index contributed by atoms with van der Waals surface area (Å²) in [5, 5.41) is 12.9. The largest absolute Gasteiger partial charge is 0.493 e. The summed E-state index contributed by atoms with van der Waals surface area (Å²) in [6, 6.07) is 7.96. The highest BCUT2D eigenvalue weighted by atomic mass is 16.5. The Morgan fingerprint density at radius 2 is 1.54 bits per heavy atom. The van der Waals surface area contributed by atoms with Crippen molar-refractivity contribution in [1.29, 1.82) is 0 Å². The summed E-state index contributed by atoms with van der Waals surface area (Å²) in [6.07, 6.45) is 3.69.